The van der Waals surface area contributed by atoms with Gasteiger partial charge in [-0.3, -0.25) is 19.3 Å². The Hall–Kier alpha value is -3.60. The summed E-state index contributed by atoms with van der Waals surface area (Å²) in [5.41, 5.74) is 3.12. The Morgan fingerprint density at radius 2 is 1.95 bits per heavy atom. The third kappa shape index (κ3) is 4.48. The minimum atomic E-state index is -0.274. The van der Waals surface area contributed by atoms with Crippen molar-refractivity contribution in [3.8, 4) is 0 Å². The average molecular weight is 534 g/mol. The third-order valence-electron chi connectivity index (χ3n) is 8.01. The van der Waals surface area contributed by atoms with Crippen molar-refractivity contribution in [2.75, 3.05) is 26.2 Å². The molecule has 3 aliphatic rings. The second kappa shape index (κ2) is 9.30. The van der Waals surface area contributed by atoms with Crippen LogP contribution < -0.4 is 0 Å². The molecule has 2 amide bonds. The van der Waals surface area contributed by atoms with Crippen molar-refractivity contribution in [3.63, 3.8) is 0 Å². The zero-order valence-electron chi connectivity index (χ0n) is 21.8. The molecule has 4 aromatic rings. The van der Waals surface area contributed by atoms with Crippen LogP contribution >= 0.6 is 11.3 Å². The lowest BCUT2D eigenvalue weighted by molar-refractivity contribution is -0.129. The lowest BCUT2D eigenvalue weighted by Gasteiger charge is -2.48. The molecule has 0 radical (unpaired) electrons. The number of hydrogen-bond donors (Lipinski definition) is 0. The van der Waals surface area contributed by atoms with Gasteiger partial charge in [0.1, 0.15) is 10.9 Å². The number of aromatic nitrogens is 5. The van der Waals surface area contributed by atoms with E-state index >= 15 is 0 Å². The van der Waals surface area contributed by atoms with E-state index in [1.54, 1.807) is 16.6 Å². The molecule has 1 aliphatic carbocycles. The van der Waals surface area contributed by atoms with Crippen LogP contribution in [0.1, 0.15) is 67.0 Å². The van der Waals surface area contributed by atoms with Gasteiger partial charge in [0.05, 0.1) is 29.3 Å². The molecule has 5 heterocycles. The van der Waals surface area contributed by atoms with Crippen molar-refractivity contribution in [3.05, 3.63) is 58.8 Å². The van der Waals surface area contributed by atoms with Gasteiger partial charge in [-0.2, -0.15) is 10.1 Å². The average Bonchev–Trinajstić information content (AvgIpc) is 3.49. The van der Waals surface area contributed by atoms with Gasteiger partial charge < -0.3 is 14.3 Å². The van der Waals surface area contributed by atoms with Crippen LogP contribution in [-0.2, 0) is 4.79 Å². The molecule has 10 nitrogen and oxygen atoms in total. The van der Waals surface area contributed by atoms with Gasteiger partial charge >= 0.3 is 0 Å². The maximum Gasteiger partial charge on any atom is 0.265 e. The van der Waals surface area contributed by atoms with Crippen LogP contribution in [0.5, 0.6) is 0 Å². The normalized spacial score (nSPS) is 21.6. The van der Waals surface area contributed by atoms with E-state index in [1.807, 2.05) is 47.0 Å². The monoisotopic (exact) mass is 533 g/mol. The van der Waals surface area contributed by atoms with Crippen molar-refractivity contribution in [1.82, 2.24) is 34.7 Å². The zero-order chi connectivity index (χ0) is 26.5. The Morgan fingerprint density at radius 1 is 1.18 bits per heavy atom. The molecule has 3 aromatic heterocycles. The van der Waals surface area contributed by atoms with E-state index in [2.05, 4.69) is 29.1 Å². The van der Waals surface area contributed by atoms with Crippen molar-refractivity contribution in [2.24, 2.45) is 10.8 Å². The number of carbonyl (C=O) groups excluding carboxylic acids is 2. The largest absolute Gasteiger partial charge is 0.344 e. The van der Waals surface area contributed by atoms with E-state index in [0.29, 0.717) is 42.8 Å². The molecule has 38 heavy (non-hydrogen) atoms. The van der Waals surface area contributed by atoms with Gasteiger partial charge in [0.15, 0.2) is 5.82 Å². The highest BCUT2D eigenvalue weighted by atomic mass is 32.1. The quantitative estimate of drug-likeness (QED) is 0.357. The minimum Gasteiger partial charge on any atom is -0.344 e. The van der Waals surface area contributed by atoms with Crippen LogP contribution in [0.3, 0.4) is 0 Å². The van der Waals surface area contributed by atoms with Crippen molar-refractivity contribution < 1.29 is 14.1 Å². The number of carbonyl (C=O) groups is 2. The Kier molecular flexibility index (Phi) is 6.05. The molecule has 198 valence electrons. The smallest absolute Gasteiger partial charge is 0.265 e. The highest BCUT2D eigenvalue weighted by molar-refractivity contribution is 7.11. The third-order valence-corrected chi connectivity index (χ3v) is 8.77. The summed E-state index contributed by atoms with van der Waals surface area (Å²) in [7, 11) is 0. The number of likely N-dealkylation sites (tertiary alicyclic amines) is 2. The van der Waals surface area contributed by atoms with Crippen LogP contribution in [0, 0.1) is 10.8 Å². The molecule has 2 atom stereocenters. The van der Waals surface area contributed by atoms with E-state index in [-0.39, 0.29) is 23.3 Å². The van der Waals surface area contributed by atoms with E-state index in [0.717, 1.165) is 22.7 Å². The van der Waals surface area contributed by atoms with Gasteiger partial charge in [-0.1, -0.05) is 37.2 Å². The Bertz CT molecular complexity index is 1450. The second-order valence-corrected chi connectivity index (χ2v) is 12.3. The summed E-state index contributed by atoms with van der Waals surface area (Å²) in [6.45, 7) is 8.72. The van der Waals surface area contributed by atoms with Gasteiger partial charge in [0, 0.05) is 37.0 Å². The van der Waals surface area contributed by atoms with Crippen molar-refractivity contribution in [1.29, 1.82) is 0 Å². The van der Waals surface area contributed by atoms with Gasteiger partial charge in [0.2, 0.25) is 6.41 Å². The van der Waals surface area contributed by atoms with Crippen LogP contribution in [0.2, 0.25) is 0 Å². The molecule has 3 fully saturated rings. The Labute approximate surface area is 224 Å². The number of benzene rings is 1. The Morgan fingerprint density at radius 3 is 2.63 bits per heavy atom. The summed E-state index contributed by atoms with van der Waals surface area (Å²) in [5, 5.41) is 9.86. The van der Waals surface area contributed by atoms with Crippen LogP contribution in [0.25, 0.3) is 10.9 Å². The minimum absolute atomic E-state index is 0.0518. The molecular formula is C27H31N7O3S. The fourth-order valence-electron chi connectivity index (χ4n) is 5.33. The topological polar surface area (TPSA) is 110 Å². The first-order valence-corrected chi connectivity index (χ1v) is 13.8. The highest BCUT2D eigenvalue weighted by Gasteiger charge is 2.57. The molecule has 11 heteroatoms. The molecule has 2 saturated heterocycles. The molecule has 1 aromatic carbocycles. The molecule has 1 spiro atoms. The SMILES string of the molecule is CC(c1nc(C2CN(C(=O)c3cncs3)CC23CN(C=O)C3)no1)n1ncc2ccccc21.CC1(C)CC1. The maximum atomic E-state index is 13.0. The van der Waals surface area contributed by atoms with Crippen molar-refractivity contribution in [2.45, 2.75) is 45.6 Å². The summed E-state index contributed by atoms with van der Waals surface area (Å²) in [6.07, 6.45) is 7.16. The summed E-state index contributed by atoms with van der Waals surface area (Å²) in [5.74, 6) is 0.861. The van der Waals surface area contributed by atoms with Crippen LogP contribution in [0.4, 0.5) is 0 Å². The number of fused-ring (bicyclic) bond motifs is 1. The molecule has 0 bridgehead atoms. The lowest BCUT2D eigenvalue weighted by Crippen LogP contribution is -2.59. The van der Waals surface area contributed by atoms with Crippen LogP contribution in [-0.4, -0.2) is 73.2 Å². The fraction of sp³-hybridized carbons (Fsp3) is 0.481. The summed E-state index contributed by atoms with van der Waals surface area (Å²) < 4.78 is 7.55. The van der Waals surface area contributed by atoms with Gasteiger partial charge in [-0.25, -0.2) is 0 Å². The number of amides is 2. The number of thiazole rings is 1. The first kappa shape index (κ1) is 24.7. The molecule has 1 saturated carbocycles. The maximum absolute atomic E-state index is 13.0. The molecule has 7 rings (SSSR count). The fourth-order valence-corrected chi connectivity index (χ4v) is 5.91. The number of para-hydroxylation sites is 1. The number of rotatable bonds is 5. The van der Waals surface area contributed by atoms with Gasteiger partial charge in [-0.15, -0.1) is 11.3 Å². The second-order valence-electron chi connectivity index (χ2n) is 11.5. The molecule has 2 unspecified atom stereocenters. The van der Waals surface area contributed by atoms with E-state index in [4.69, 9.17) is 9.51 Å². The number of nitrogens with zero attached hydrogens (tertiary/aromatic N) is 7. The molecule has 2 aliphatic heterocycles. The van der Waals surface area contributed by atoms with Crippen LogP contribution in [0.15, 0.2) is 46.7 Å². The van der Waals surface area contributed by atoms with Gasteiger partial charge in [0.25, 0.3) is 11.8 Å². The Balaban J connectivity index is 0.000000476. The van der Waals surface area contributed by atoms with Gasteiger partial charge in [-0.05, 0) is 31.2 Å². The van der Waals surface area contributed by atoms with E-state index in [1.165, 1.54) is 24.2 Å². The van der Waals surface area contributed by atoms with E-state index < -0.39 is 0 Å². The van der Waals surface area contributed by atoms with Crippen molar-refractivity contribution >= 4 is 34.6 Å². The summed E-state index contributed by atoms with van der Waals surface area (Å²) in [4.78, 5) is 37.2. The zero-order valence-corrected chi connectivity index (χ0v) is 22.6. The first-order chi connectivity index (χ1) is 18.3. The highest BCUT2D eigenvalue weighted by Crippen LogP contribution is 2.48. The first-order valence-electron chi connectivity index (χ1n) is 12.9. The summed E-state index contributed by atoms with van der Waals surface area (Å²) in [6, 6.07) is 7.72. The molecule has 0 N–H and O–H groups in total. The van der Waals surface area contributed by atoms with E-state index in [9.17, 15) is 9.59 Å². The predicted octanol–water partition coefficient (Wildman–Crippen LogP) is 3.99. The molecular weight excluding hydrogens is 502 g/mol. The lowest BCUT2D eigenvalue weighted by atomic mass is 9.71. The number of hydrogen-bond acceptors (Lipinski definition) is 8. The summed E-state index contributed by atoms with van der Waals surface area (Å²) >= 11 is 1.32. The standard InChI is InChI=1S/C22H21N7O3S.C5H10/c1-14(29-17-5-3-2-4-15(17)6-24-29)20-25-19(26-32-20)16-8-28(21(31)18-7-23-12-33-18)11-22(16)9-27(10-22)13-30;1-5(2)3-4-5/h2-7,12-14,16H,8-11H2,1H3;3-4H2,1-2H3. The predicted molar refractivity (Wildman–Crippen MR) is 142 cm³/mol.